The van der Waals surface area contributed by atoms with Crippen LogP contribution in [0, 0.1) is 17.6 Å². The van der Waals surface area contributed by atoms with Gasteiger partial charge in [0.05, 0.1) is 11.3 Å². The molecule has 2 atom stereocenters. The van der Waals surface area contributed by atoms with Gasteiger partial charge in [-0.2, -0.15) is 12.7 Å². The lowest BCUT2D eigenvalue weighted by molar-refractivity contribution is -0.136. The first-order valence-corrected chi connectivity index (χ1v) is 25.0. The Morgan fingerprint density at radius 1 is 0.957 bits per heavy atom. The van der Waals surface area contributed by atoms with Crippen LogP contribution in [0.3, 0.4) is 0 Å². The zero-order valence-corrected chi connectivity index (χ0v) is 39.0. The molecule has 2 aromatic heterocycles. The summed E-state index contributed by atoms with van der Waals surface area (Å²) in [4.78, 5) is 64.9. The zero-order valence-electron chi connectivity index (χ0n) is 38.2. The van der Waals surface area contributed by atoms with Gasteiger partial charge in [0.1, 0.15) is 35.5 Å². The van der Waals surface area contributed by atoms with Crippen molar-refractivity contribution in [2.24, 2.45) is 5.92 Å². The number of fused-ring (bicyclic) bond motifs is 2. The van der Waals surface area contributed by atoms with Gasteiger partial charge in [0.25, 0.3) is 5.91 Å². The minimum Gasteiger partial charge on any atom is -0.490 e. The quantitative estimate of drug-likeness (QED) is 0.0799. The molecule has 3 saturated heterocycles. The summed E-state index contributed by atoms with van der Waals surface area (Å²) in [5, 5.41) is 2.68. The van der Waals surface area contributed by atoms with Gasteiger partial charge < -0.3 is 19.5 Å². The number of benzene rings is 3. The Morgan fingerprint density at radius 2 is 1.72 bits per heavy atom. The third-order valence-corrected chi connectivity index (χ3v) is 15.9. The van der Waals surface area contributed by atoms with Crippen LogP contribution in [0.1, 0.15) is 90.6 Å². The number of rotatable bonds is 14. The maximum Gasteiger partial charge on any atom is 0.301 e. The van der Waals surface area contributed by atoms with E-state index in [0.29, 0.717) is 58.9 Å². The Labute approximate surface area is 397 Å². The molecule has 4 fully saturated rings. The number of alkyl halides is 1. The highest BCUT2D eigenvalue weighted by Gasteiger charge is 2.41. The molecule has 0 radical (unpaired) electrons. The van der Waals surface area contributed by atoms with Gasteiger partial charge in [0.15, 0.2) is 5.82 Å². The summed E-state index contributed by atoms with van der Waals surface area (Å²) in [7, 11) is -4.36. The topological polar surface area (TPSA) is 177 Å². The summed E-state index contributed by atoms with van der Waals surface area (Å²) in [6, 6.07) is 17.1. The number of piperidine rings is 2. The maximum atomic E-state index is 15.8. The predicted octanol–water partition coefficient (Wildman–Crippen LogP) is 6.74. The molecule has 1 unspecified atom stereocenters. The first-order chi connectivity index (χ1) is 33.1. The van der Waals surface area contributed by atoms with E-state index in [4.69, 9.17) is 4.74 Å². The molecule has 3 N–H and O–H groups in total. The molecule has 4 aliphatic heterocycles. The zero-order chi connectivity index (χ0) is 48.3. The van der Waals surface area contributed by atoms with Gasteiger partial charge in [-0.25, -0.2) is 18.2 Å². The van der Waals surface area contributed by atoms with Gasteiger partial charge >= 0.3 is 10.2 Å². The smallest absolute Gasteiger partial charge is 0.301 e. The SMILES string of the molecule is CC(C)N(CC1CCN(c2ccc(-c3cnc4[nH]cc(C(=O)c5c(F)ccc(NS(=O)(=O)N6CC[C@@H](F)C6)c5F)c4c3)cc2)CC1)C1CC(Oc2ccc3c(c2)CN(C2CCC(=O)NC2=O)C3=O)C1. The number of nitrogens with one attached hydrogen (secondary N) is 3. The fourth-order valence-electron chi connectivity index (χ4n) is 10.5. The van der Waals surface area contributed by atoms with Crippen molar-refractivity contribution in [3.8, 4) is 16.9 Å². The van der Waals surface area contributed by atoms with Gasteiger partial charge in [0.2, 0.25) is 17.6 Å². The number of amides is 3. The number of hydrogen-bond acceptors (Lipinski definition) is 10. The Hall–Kier alpha value is -6.31. The van der Waals surface area contributed by atoms with Crippen LogP contribution in [0.2, 0.25) is 0 Å². The molecular formula is C50H53F3N8O7S. The second kappa shape index (κ2) is 18.5. The third-order valence-electron chi connectivity index (χ3n) is 14.4. The minimum atomic E-state index is -4.36. The molecule has 3 aromatic carbocycles. The molecule has 19 heteroatoms. The van der Waals surface area contributed by atoms with Gasteiger partial charge in [-0.15, -0.1) is 0 Å². The normalized spacial score (nSPS) is 22.4. The lowest BCUT2D eigenvalue weighted by Gasteiger charge is -2.46. The highest BCUT2D eigenvalue weighted by Crippen LogP contribution is 2.37. The van der Waals surface area contributed by atoms with Crippen LogP contribution in [-0.4, -0.2) is 119 Å². The second-order valence-corrected chi connectivity index (χ2v) is 20.8. The minimum absolute atomic E-state index is 0.00199. The maximum absolute atomic E-state index is 15.8. The number of anilines is 2. The van der Waals surface area contributed by atoms with E-state index in [1.165, 1.54) is 6.20 Å². The van der Waals surface area contributed by atoms with Crippen LogP contribution in [0.25, 0.3) is 22.2 Å². The highest BCUT2D eigenvalue weighted by molar-refractivity contribution is 7.90. The number of aromatic amines is 1. The number of H-pyrrole nitrogens is 1. The van der Waals surface area contributed by atoms with E-state index in [2.05, 4.69) is 51.1 Å². The Kier molecular flexibility index (Phi) is 12.5. The molecule has 1 saturated carbocycles. The second-order valence-electron chi connectivity index (χ2n) is 19.1. The van der Waals surface area contributed by atoms with E-state index in [0.717, 1.165) is 78.6 Å². The van der Waals surface area contributed by atoms with Crippen molar-refractivity contribution >= 4 is 56.1 Å². The van der Waals surface area contributed by atoms with Gasteiger partial charge in [-0.3, -0.25) is 34.1 Å². The number of nitrogens with zero attached hydrogens (tertiary/aromatic N) is 5. The van der Waals surface area contributed by atoms with Gasteiger partial charge in [0, 0.05) is 111 Å². The Bertz CT molecular complexity index is 2960. The molecule has 6 heterocycles. The molecule has 362 valence electrons. The number of hydrogen-bond donors (Lipinski definition) is 3. The van der Waals surface area contributed by atoms with Crippen LogP contribution in [0.15, 0.2) is 73.1 Å². The molecule has 1 aliphatic carbocycles. The average Bonchev–Trinajstić information content (AvgIpc) is 4.04. The third kappa shape index (κ3) is 9.19. The number of ketones is 1. The van der Waals surface area contributed by atoms with Crippen LogP contribution < -0.4 is 19.7 Å². The predicted molar refractivity (Wildman–Crippen MR) is 252 cm³/mol. The molecule has 0 bridgehead atoms. The summed E-state index contributed by atoms with van der Waals surface area (Å²) < 4.78 is 79.7. The van der Waals surface area contributed by atoms with Crippen molar-refractivity contribution in [1.29, 1.82) is 0 Å². The van der Waals surface area contributed by atoms with Crippen molar-refractivity contribution in [3.05, 3.63) is 107 Å². The lowest BCUT2D eigenvalue weighted by Crippen LogP contribution is -2.53. The van der Waals surface area contributed by atoms with E-state index >= 15 is 8.78 Å². The number of carbonyl (C=O) groups is 4. The van der Waals surface area contributed by atoms with Crippen LogP contribution in [0.5, 0.6) is 5.75 Å². The molecule has 5 aromatic rings. The van der Waals surface area contributed by atoms with Crippen molar-refractivity contribution < 1.29 is 45.5 Å². The molecule has 5 aliphatic rings. The van der Waals surface area contributed by atoms with E-state index in [1.807, 2.05) is 29.0 Å². The van der Waals surface area contributed by atoms with Crippen molar-refractivity contribution in [3.63, 3.8) is 0 Å². The Morgan fingerprint density at radius 3 is 2.43 bits per heavy atom. The summed E-state index contributed by atoms with van der Waals surface area (Å²) in [6.45, 7) is 7.12. The first kappa shape index (κ1) is 46.4. The fraction of sp³-hybridized carbons (Fsp3) is 0.420. The monoisotopic (exact) mass is 966 g/mol. The molecule has 10 rings (SSSR count). The number of halogens is 3. The van der Waals surface area contributed by atoms with E-state index < -0.39 is 57.0 Å². The fourth-order valence-corrected chi connectivity index (χ4v) is 11.7. The largest absolute Gasteiger partial charge is 0.490 e. The van der Waals surface area contributed by atoms with E-state index in [-0.39, 0.29) is 49.4 Å². The van der Waals surface area contributed by atoms with Gasteiger partial charge in [-0.05, 0) is 105 Å². The van der Waals surface area contributed by atoms with Crippen LogP contribution in [0.4, 0.5) is 24.5 Å². The number of carbonyl (C=O) groups excluding carboxylic acids is 4. The van der Waals surface area contributed by atoms with Crippen molar-refractivity contribution in [2.45, 2.75) is 95.7 Å². The van der Waals surface area contributed by atoms with Crippen molar-refractivity contribution in [1.82, 2.24) is 29.4 Å². The molecule has 3 amide bonds. The summed E-state index contributed by atoms with van der Waals surface area (Å²) in [6.07, 6.45) is 6.12. The van der Waals surface area contributed by atoms with Crippen LogP contribution in [-0.2, 0) is 26.3 Å². The van der Waals surface area contributed by atoms with Crippen molar-refractivity contribution in [2.75, 3.05) is 42.3 Å². The number of ether oxygens (including phenoxy) is 1. The van der Waals surface area contributed by atoms with E-state index in [9.17, 15) is 32.0 Å². The summed E-state index contributed by atoms with van der Waals surface area (Å²) in [5.74, 6) is -3.24. The first-order valence-electron chi connectivity index (χ1n) is 23.6. The standard InChI is InChI=1S/C50H53F3N8O7S/c1-28(2)60(35-21-37(22-35)68-36-7-8-38-32(19-36)26-61(50(38)65)43-11-12-44(62)56-49(43)64)25-29-13-16-58(17-14-29)34-5-3-30(4-6-34)31-20-39-40(24-55-48(39)54-23-31)47(63)45-41(52)9-10-42(46(45)53)57-69(66,67)59-18-15-33(51)27-59/h3-10,19-20,23-24,28-29,33,35,37,43,57H,11-18,21-22,25-27H2,1-2H3,(H,54,55)(H,56,62,64)/t33-,35?,37?,43?/m1/s1. The van der Waals surface area contributed by atoms with Crippen LogP contribution >= 0.6 is 0 Å². The average molecular weight is 967 g/mol. The number of pyridine rings is 1. The van der Waals surface area contributed by atoms with E-state index in [1.54, 1.807) is 23.2 Å². The number of imide groups is 1. The molecular weight excluding hydrogens is 914 g/mol. The highest BCUT2D eigenvalue weighted by atomic mass is 32.2. The number of aromatic nitrogens is 2. The Balaban J connectivity index is 0.730. The molecule has 69 heavy (non-hydrogen) atoms. The lowest BCUT2D eigenvalue weighted by atomic mass is 9.85. The summed E-state index contributed by atoms with van der Waals surface area (Å²) >= 11 is 0. The molecule has 15 nitrogen and oxygen atoms in total. The molecule has 0 spiro atoms. The van der Waals surface area contributed by atoms with Gasteiger partial charge in [-0.1, -0.05) is 12.1 Å². The summed E-state index contributed by atoms with van der Waals surface area (Å²) in [5.41, 5.74) is 2.70.